The molecular weight excluding hydrogens is 328 g/mol. The first-order valence-electron chi connectivity index (χ1n) is 7.72. The molecule has 0 bridgehead atoms. The predicted molar refractivity (Wildman–Crippen MR) is 90.0 cm³/mol. The Hall–Kier alpha value is -0.870. The monoisotopic (exact) mass is 352 g/mol. The van der Waals surface area contributed by atoms with Crippen LogP contribution in [0.1, 0.15) is 45.1 Å². The van der Waals surface area contributed by atoms with E-state index < -0.39 is 0 Å². The second kappa shape index (κ2) is 6.93. The van der Waals surface area contributed by atoms with E-state index in [-0.39, 0.29) is 23.4 Å². The molecule has 21 heavy (non-hydrogen) atoms. The molecule has 2 rings (SSSR count). The van der Waals surface area contributed by atoms with Crippen LogP contribution in [-0.4, -0.2) is 17.5 Å². The fourth-order valence-electron chi connectivity index (χ4n) is 3.20. The number of amides is 1. The molecule has 0 radical (unpaired) electrons. The van der Waals surface area contributed by atoms with E-state index in [1.807, 2.05) is 19.1 Å². The number of hydrogen-bond acceptors (Lipinski definition) is 2. The molecule has 3 atom stereocenters. The highest BCUT2D eigenvalue weighted by Gasteiger charge is 2.37. The SMILES string of the molecule is CC(Cc1cccc(Br)c1)NC(=O)C1CCCCC1(C)N. The maximum Gasteiger partial charge on any atom is 0.225 e. The van der Waals surface area contributed by atoms with E-state index in [4.69, 9.17) is 5.73 Å². The summed E-state index contributed by atoms with van der Waals surface area (Å²) in [4.78, 5) is 12.5. The van der Waals surface area contributed by atoms with Crippen LogP contribution in [0, 0.1) is 5.92 Å². The van der Waals surface area contributed by atoms with Gasteiger partial charge in [-0.15, -0.1) is 0 Å². The Morgan fingerprint density at radius 1 is 1.52 bits per heavy atom. The minimum Gasteiger partial charge on any atom is -0.353 e. The molecule has 1 aromatic carbocycles. The molecule has 1 saturated carbocycles. The molecule has 1 aliphatic rings. The first-order chi connectivity index (χ1) is 9.88. The molecule has 0 aromatic heterocycles. The summed E-state index contributed by atoms with van der Waals surface area (Å²) in [6.07, 6.45) is 4.90. The molecular formula is C17H25BrN2O. The number of benzene rings is 1. The number of nitrogens with one attached hydrogen (secondary N) is 1. The second-order valence-corrected chi connectivity index (χ2v) is 7.46. The van der Waals surface area contributed by atoms with Crippen LogP contribution in [0.25, 0.3) is 0 Å². The molecule has 4 heteroatoms. The molecule has 1 aromatic rings. The van der Waals surface area contributed by atoms with Crippen molar-refractivity contribution >= 4 is 21.8 Å². The zero-order chi connectivity index (χ0) is 15.5. The van der Waals surface area contributed by atoms with Crippen molar-refractivity contribution in [1.82, 2.24) is 5.32 Å². The third-order valence-electron chi connectivity index (χ3n) is 4.39. The molecule has 1 amide bonds. The van der Waals surface area contributed by atoms with Gasteiger partial charge in [0.05, 0.1) is 5.92 Å². The van der Waals surface area contributed by atoms with Gasteiger partial charge in [-0.3, -0.25) is 4.79 Å². The molecule has 0 heterocycles. The summed E-state index contributed by atoms with van der Waals surface area (Å²) in [5.41, 5.74) is 7.16. The highest BCUT2D eigenvalue weighted by molar-refractivity contribution is 9.10. The maximum atomic E-state index is 12.5. The number of carbonyl (C=O) groups excluding carboxylic acids is 1. The highest BCUT2D eigenvalue weighted by atomic mass is 79.9. The van der Waals surface area contributed by atoms with Gasteiger partial charge in [-0.2, -0.15) is 0 Å². The van der Waals surface area contributed by atoms with Crippen molar-refractivity contribution in [2.75, 3.05) is 0 Å². The van der Waals surface area contributed by atoms with Crippen LogP contribution < -0.4 is 11.1 Å². The van der Waals surface area contributed by atoms with Gasteiger partial charge < -0.3 is 11.1 Å². The Morgan fingerprint density at radius 3 is 2.95 bits per heavy atom. The first-order valence-corrected chi connectivity index (χ1v) is 8.51. The standard InChI is InChI=1S/C17H25BrN2O/c1-12(10-13-6-5-7-14(18)11-13)20-16(21)15-8-3-4-9-17(15,2)19/h5-7,11-12,15H,3-4,8-10,19H2,1-2H3,(H,20,21). The van der Waals surface area contributed by atoms with Gasteiger partial charge in [0, 0.05) is 16.1 Å². The Kier molecular flexibility index (Phi) is 5.44. The van der Waals surface area contributed by atoms with Crippen LogP contribution in [0.3, 0.4) is 0 Å². The number of nitrogens with two attached hydrogens (primary N) is 1. The Bertz CT molecular complexity index is 501. The Labute approximate surface area is 135 Å². The van der Waals surface area contributed by atoms with Gasteiger partial charge >= 0.3 is 0 Å². The van der Waals surface area contributed by atoms with E-state index in [2.05, 4.69) is 40.3 Å². The smallest absolute Gasteiger partial charge is 0.225 e. The zero-order valence-electron chi connectivity index (χ0n) is 12.9. The number of carbonyl (C=O) groups is 1. The van der Waals surface area contributed by atoms with Crippen molar-refractivity contribution in [2.24, 2.45) is 11.7 Å². The Morgan fingerprint density at radius 2 is 2.29 bits per heavy atom. The minimum absolute atomic E-state index is 0.0591. The van der Waals surface area contributed by atoms with E-state index in [1.165, 1.54) is 5.56 Å². The molecule has 1 aliphatic carbocycles. The van der Waals surface area contributed by atoms with E-state index in [9.17, 15) is 4.79 Å². The third kappa shape index (κ3) is 4.55. The van der Waals surface area contributed by atoms with Crippen molar-refractivity contribution < 1.29 is 4.79 Å². The average molecular weight is 353 g/mol. The van der Waals surface area contributed by atoms with Gasteiger partial charge in [-0.1, -0.05) is 40.9 Å². The van der Waals surface area contributed by atoms with E-state index in [0.717, 1.165) is 36.6 Å². The molecule has 0 aliphatic heterocycles. The van der Waals surface area contributed by atoms with Crippen molar-refractivity contribution in [3.8, 4) is 0 Å². The molecule has 3 unspecified atom stereocenters. The summed E-state index contributed by atoms with van der Waals surface area (Å²) in [6.45, 7) is 4.06. The van der Waals surface area contributed by atoms with Crippen LogP contribution >= 0.6 is 15.9 Å². The van der Waals surface area contributed by atoms with Gasteiger partial charge in [-0.25, -0.2) is 0 Å². The molecule has 0 saturated heterocycles. The largest absolute Gasteiger partial charge is 0.353 e. The zero-order valence-corrected chi connectivity index (χ0v) is 14.4. The summed E-state index contributed by atoms with van der Waals surface area (Å²) < 4.78 is 1.07. The lowest BCUT2D eigenvalue weighted by atomic mass is 9.74. The molecule has 0 spiro atoms. The average Bonchev–Trinajstić information content (AvgIpc) is 2.37. The van der Waals surface area contributed by atoms with Gasteiger partial charge in [0.2, 0.25) is 5.91 Å². The van der Waals surface area contributed by atoms with E-state index in [0.29, 0.717) is 0 Å². The molecule has 3 nitrogen and oxygen atoms in total. The topological polar surface area (TPSA) is 55.1 Å². The van der Waals surface area contributed by atoms with Crippen molar-refractivity contribution in [2.45, 2.75) is 57.5 Å². The summed E-state index contributed by atoms with van der Waals surface area (Å²) in [5.74, 6) is 0.0541. The van der Waals surface area contributed by atoms with Gasteiger partial charge in [-0.05, 0) is 50.8 Å². The first kappa shape index (κ1) is 16.5. The summed E-state index contributed by atoms with van der Waals surface area (Å²) in [7, 11) is 0. The van der Waals surface area contributed by atoms with Gasteiger partial charge in [0.1, 0.15) is 0 Å². The quantitative estimate of drug-likeness (QED) is 0.872. The molecule has 3 N–H and O–H groups in total. The third-order valence-corrected chi connectivity index (χ3v) is 4.88. The lowest BCUT2D eigenvalue weighted by Gasteiger charge is -2.37. The van der Waals surface area contributed by atoms with Crippen LogP contribution in [-0.2, 0) is 11.2 Å². The second-order valence-electron chi connectivity index (χ2n) is 6.55. The van der Waals surface area contributed by atoms with Crippen molar-refractivity contribution in [3.05, 3.63) is 34.3 Å². The lowest BCUT2D eigenvalue weighted by Crippen LogP contribution is -2.54. The van der Waals surface area contributed by atoms with Crippen LogP contribution in [0.5, 0.6) is 0 Å². The van der Waals surface area contributed by atoms with Crippen molar-refractivity contribution in [1.29, 1.82) is 0 Å². The number of rotatable bonds is 4. The maximum absolute atomic E-state index is 12.5. The summed E-state index contributed by atoms with van der Waals surface area (Å²) in [6, 6.07) is 8.32. The summed E-state index contributed by atoms with van der Waals surface area (Å²) in [5, 5.41) is 3.14. The number of halogens is 1. The van der Waals surface area contributed by atoms with E-state index >= 15 is 0 Å². The minimum atomic E-state index is -0.363. The van der Waals surface area contributed by atoms with Gasteiger partial charge in [0.25, 0.3) is 0 Å². The fraction of sp³-hybridized carbons (Fsp3) is 0.588. The van der Waals surface area contributed by atoms with Gasteiger partial charge in [0.15, 0.2) is 0 Å². The van der Waals surface area contributed by atoms with Crippen LogP contribution in [0.4, 0.5) is 0 Å². The predicted octanol–water partition coefficient (Wildman–Crippen LogP) is 3.40. The molecule has 1 fully saturated rings. The molecule has 116 valence electrons. The summed E-state index contributed by atoms with van der Waals surface area (Å²) >= 11 is 3.48. The normalized spacial score (nSPS) is 27.1. The lowest BCUT2D eigenvalue weighted by molar-refractivity contribution is -0.128. The fourth-order valence-corrected chi connectivity index (χ4v) is 3.65. The van der Waals surface area contributed by atoms with Crippen LogP contribution in [0.2, 0.25) is 0 Å². The van der Waals surface area contributed by atoms with Crippen molar-refractivity contribution in [3.63, 3.8) is 0 Å². The number of hydrogen-bond donors (Lipinski definition) is 2. The van der Waals surface area contributed by atoms with Crippen LogP contribution in [0.15, 0.2) is 28.7 Å². The van der Waals surface area contributed by atoms with E-state index in [1.54, 1.807) is 0 Å². The Balaban J connectivity index is 1.92. The highest BCUT2D eigenvalue weighted by Crippen LogP contribution is 2.31.